The Labute approximate surface area is 155 Å². The van der Waals surface area contributed by atoms with Crippen LogP contribution < -0.4 is 0 Å². The van der Waals surface area contributed by atoms with E-state index >= 15 is 0 Å². The molecule has 0 unspecified atom stereocenters. The van der Waals surface area contributed by atoms with Gasteiger partial charge in [-0.1, -0.05) is 35.5 Å². The number of allylic oxidation sites excluding steroid dienone is 1. The molecule has 24 heavy (non-hydrogen) atoms. The van der Waals surface area contributed by atoms with Crippen molar-refractivity contribution in [1.29, 1.82) is 0 Å². The molecule has 0 amide bonds. The van der Waals surface area contributed by atoms with Crippen molar-refractivity contribution in [3.05, 3.63) is 52.8 Å². The van der Waals surface area contributed by atoms with Gasteiger partial charge in [0.05, 0.1) is 12.4 Å². The highest BCUT2D eigenvalue weighted by Crippen LogP contribution is 2.33. The molecule has 7 heteroatoms. The van der Waals surface area contributed by atoms with Gasteiger partial charge in [0.25, 0.3) is 0 Å². The highest BCUT2D eigenvalue weighted by Gasteiger charge is 2.23. The predicted octanol–water partition coefficient (Wildman–Crippen LogP) is 3.72. The number of aliphatic hydroxyl groups excluding tert-OH is 1. The molecule has 0 radical (unpaired) electrons. The average molecular weight is 411 g/mol. The van der Waals surface area contributed by atoms with Gasteiger partial charge in [-0.05, 0) is 6.92 Å². The molecule has 1 N–H and O–H groups in total. The highest BCUT2D eigenvalue weighted by molar-refractivity contribution is 8.93. The molecular formula is C17H19BrN2O3S. The van der Waals surface area contributed by atoms with Crippen LogP contribution in [0.5, 0.6) is 0 Å². The first kappa shape index (κ1) is 18.8. The van der Waals surface area contributed by atoms with Gasteiger partial charge in [-0.15, -0.1) is 28.7 Å². The highest BCUT2D eigenvalue weighted by atomic mass is 79.9. The number of thioether (sulfide) groups is 1. The topological polar surface area (TPSA) is 66.6 Å². The van der Waals surface area contributed by atoms with Crippen molar-refractivity contribution in [2.24, 2.45) is 0 Å². The van der Waals surface area contributed by atoms with Gasteiger partial charge in [0.15, 0.2) is 0 Å². The summed E-state index contributed by atoms with van der Waals surface area (Å²) in [5.74, 6) is 0.911. The standard InChI is InChI=1S/C17H18N2O3S.BrH/c1-12-17(7-8-20)23-11-19(12)10-15(21)16-9-14(18-22-16)13-5-3-2-4-6-13;/h2-6,9,20H,7-8,10-11H2,1H3;1H. The minimum absolute atomic E-state index is 0. The lowest BCUT2D eigenvalue weighted by atomic mass is 10.1. The van der Waals surface area contributed by atoms with Gasteiger partial charge >= 0.3 is 0 Å². The van der Waals surface area contributed by atoms with Gasteiger partial charge in [-0.25, -0.2) is 0 Å². The van der Waals surface area contributed by atoms with Crippen LogP contribution in [0.2, 0.25) is 0 Å². The van der Waals surface area contributed by atoms with Gasteiger partial charge < -0.3 is 14.5 Å². The van der Waals surface area contributed by atoms with E-state index in [1.54, 1.807) is 17.8 Å². The molecule has 0 saturated carbocycles. The number of aliphatic hydroxyl groups is 1. The summed E-state index contributed by atoms with van der Waals surface area (Å²) in [4.78, 5) is 15.5. The Kier molecular flexibility index (Phi) is 6.65. The maximum absolute atomic E-state index is 12.4. The first-order chi connectivity index (χ1) is 11.2. The molecule has 1 aliphatic rings. The zero-order valence-corrected chi connectivity index (χ0v) is 15.8. The van der Waals surface area contributed by atoms with E-state index in [-0.39, 0.29) is 41.7 Å². The third-order valence-electron chi connectivity index (χ3n) is 3.80. The van der Waals surface area contributed by atoms with Gasteiger partial charge in [0.2, 0.25) is 11.5 Å². The van der Waals surface area contributed by atoms with E-state index in [1.807, 2.05) is 42.2 Å². The van der Waals surface area contributed by atoms with Crippen molar-refractivity contribution in [3.8, 4) is 11.3 Å². The molecule has 5 nitrogen and oxygen atoms in total. The van der Waals surface area contributed by atoms with Crippen LogP contribution in [-0.4, -0.2) is 40.0 Å². The summed E-state index contributed by atoms with van der Waals surface area (Å²) in [5, 5.41) is 13.0. The van der Waals surface area contributed by atoms with Crippen LogP contribution in [-0.2, 0) is 0 Å². The third-order valence-corrected chi connectivity index (χ3v) is 5.09. The number of rotatable bonds is 6. The number of nitrogens with zero attached hydrogens (tertiary/aromatic N) is 2. The molecule has 0 saturated heterocycles. The van der Waals surface area contributed by atoms with Gasteiger partial charge in [-0.3, -0.25) is 4.79 Å². The van der Waals surface area contributed by atoms with Crippen molar-refractivity contribution in [1.82, 2.24) is 10.1 Å². The SMILES string of the molecule is Br.CC1=C(CCO)SCN1CC(=O)c1cc(-c2ccccc2)no1. The summed E-state index contributed by atoms with van der Waals surface area (Å²) in [6.07, 6.45) is 0.641. The van der Waals surface area contributed by atoms with E-state index in [0.717, 1.165) is 22.0 Å². The number of ketones is 1. The lowest BCUT2D eigenvalue weighted by molar-refractivity contribution is 0.0922. The summed E-state index contributed by atoms with van der Waals surface area (Å²) in [5.41, 5.74) is 2.64. The number of halogens is 1. The minimum atomic E-state index is -0.0927. The zero-order valence-electron chi connectivity index (χ0n) is 13.3. The fourth-order valence-corrected chi connectivity index (χ4v) is 3.63. The van der Waals surface area contributed by atoms with E-state index < -0.39 is 0 Å². The number of hydrogen-bond acceptors (Lipinski definition) is 6. The maximum Gasteiger partial charge on any atom is 0.220 e. The Balaban J connectivity index is 0.00000208. The van der Waals surface area contributed by atoms with E-state index in [9.17, 15) is 4.79 Å². The summed E-state index contributed by atoms with van der Waals surface area (Å²) in [6.45, 7) is 2.37. The molecule has 1 aromatic carbocycles. The number of Topliss-reactive ketones (excluding diaryl/α,β-unsaturated/α-hetero) is 1. The number of aromatic nitrogens is 1. The van der Waals surface area contributed by atoms with Crippen LogP contribution in [0.3, 0.4) is 0 Å². The Morgan fingerprint density at radius 1 is 1.38 bits per heavy atom. The van der Waals surface area contributed by atoms with Crippen molar-refractivity contribution in [2.75, 3.05) is 19.0 Å². The van der Waals surface area contributed by atoms with Crippen LogP contribution in [0.25, 0.3) is 11.3 Å². The number of carbonyl (C=O) groups excluding carboxylic acids is 1. The van der Waals surface area contributed by atoms with E-state index in [4.69, 9.17) is 9.63 Å². The largest absolute Gasteiger partial charge is 0.396 e. The molecule has 3 rings (SSSR count). The van der Waals surface area contributed by atoms with Crippen LogP contribution >= 0.6 is 28.7 Å². The fraction of sp³-hybridized carbons (Fsp3) is 0.294. The molecule has 0 aliphatic carbocycles. The molecule has 0 atom stereocenters. The first-order valence-electron chi connectivity index (χ1n) is 7.42. The van der Waals surface area contributed by atoms with Gasteiger partial charge in [0.1, 0.15) is 5.69 Å². The molecule has 2 aromatic rings. The molecule has 0 bridgehead atoms. The normalized spacial score (nSPS) is 14.0. The van der Waals surface area contributed by atoms with E-state index in [2.05, 4.69) is 5.16 Å². The fourth-order valence-electron chi connectivity index (χ4n) is 2.46. The number of hydrogen-bond donors (Lipinski definition) is 1. The third kappa shape index (κ3) is 4.09. The molecule has 0 spiro atoms. The lowest BCUT2D eigenvalue weighted by Gasteiger charge is -2.17. The van der Waals surface area contributed by atoms with Gasteiger partial charge in [0, 0.05) is 35.3 Å². The molecular weight excluding hydrogens is 392 g/mol. The summed E-state index contributed by atoms with van der Waals surface area (Å²) in [7, 11) is 0. The van der Waals surface area contributed by atoms with Crippen molar-refractivity contribution in [2.45, 2.75) is 13.3 Å². The average Bonchev–Trinajstić information content (AvgIpc) is 3.19. The lowest BCUT2D eigenvalue weighted by Crippen LogP contribution is -2.25. The first-order valence-corrected chi connectivity index (χ1v) is 8.41. The second-order valence-corrected chi connectivity index (χ2v) is 6.36. The van der Waals surface area contributed by atoms with Crippen LogP contribution in [0, 0.1) is 0 Å². The molecule has 1 aliphatic heterocycles. The summed E-state index contributed by atoms with van der Waals surface area (Å²) in [6, 6.07) is 11.3. The molecule has 1 aromatic heterocycles. The van der Waals surface area contributed by atoms with E-state index in [1.165, 1.54) is 0 Å². The second kappa shape index (κ2) is 8.50. The monoisotopic (exact) mass is 410 g/mol. The Hall–Kier alpha value is -1.57. The Bertz CT molecular complexity index is 730. The Morgan fingerprint density at radius 2 is 2.12 bits per heavy atom. The predicted molar refractivity (Wildman–Crippen MR) is 100 cm³/mol. The molecule has 128 valence electrons. The molecule has 0 fully saturated rings. The van der Waals surface area contributed by atoms with Crippen LogP contribution in [0.1, 0.15) is 23.9 Å². The van der Waals surface area contributed by atoms with Crippen molar-refractivity contribution in [3.63, 3.8) is 0 Å². The Morgan fingerprint density at radius 3 is 2.83 bits per heavy atom. The van der Waals surface area contributed by atoms with Crippen molar-refractivity contribution < 1.29 is 14.4 Å². The van der Waals surface area contributed by atoms with Crippen LogP contribution in [0.4, 0.5) is 0 Å². The smallest absolute Gasteiger partial charge is 0.220 e. The van der Waals surface area contributed by atoms with Gasteiger partial charge in [-0.2, -0.15) is 0 Å². The van der Waals surface area contributed by atoms with Crippen molar-refractivity contribution >= 4 is 34.5 Å². The number of benzene rings is 1. The quantitative estimate of drug-likeness (QED) is 0.731. The summed E-state index contributed by atoms with van der Waals surface area (Å²) < 4.78 is 5.21. The second-order valence-electron chi connectivity index (χ2n) is 5.32. The maximum atomic E-state index is 12.4. The summed E-state index contributed by atoms with van der Waals surface area (Å²) >= 11 is 1.67. The molecule has 2 heterocycles. The van der Waals surface area contributed by atoms with Crippen LogP contribution in [0.15, 0.2) is 51.5 Å². The minimum Gasteiger partial charge on any atom is -0.396 e. The number of carbonyl (C=O) groups is 1. The zero-order chi connectivity index (χ0) is 16.2. The van der Waals surface area contributed by atoms with E-state index in [0.29, 0.717) is 12.1 Å².